The number of nitrogens with zero attached hydrogens (tertiary/aromatic N) is 3. The zero-order chi connectivity index (χ0) is 29.1. The quantitative estimate of drug-likeness (QED) is 0.200. The SMILES string of the molecule is COc1cc2nccc(Oc3ccc(NC(=O)c4nn(-c5ccc(F)cc5)cc4OC(C)C)cc3Cl)c2cc1OC. The standard InChI is InChI=1S/C30H26ClFN4O5/c1-17(2)40-28-16-36(20-8-5-18(32)6-9-20)35-29(28)30(37)34-19-7-10-25(22(31)13-19)41-24-11-12-33-23-15-27(39-4)26(38-3)14-21(23)24/h5-17H,1-4H3,(H,34,37). The Hall–Kier alpha value is -4.83. The molecule has 2 aromatic heterocycles. The number of nitrogens with one attached hydrogen (secondary N) is 1. The molecule has 5 aromatic rings. The van der Waals surface area contributed by atoms with E-state index in [9.17, 15) is 9.18 Å². The van der Waals surface area contributed by atoms with E-state index in [0.29, 0.717) is 45.3 Å². The van der Waals surface area contributed by atoms with Crippen LogP contribution in [0.2, 0.25) is 5.02 Å². The number of amides is 1. The van der Waals surface area contributed by atoms with Crippen molar-refractivity contribution in [3.05, 3.63) is 89.6 Å². The van der Waals surface area contributed by atoms with Crippen molar-refractivity contribution < 1.29 is 28.1 Å². The lowest BCUT2D eigenvalue weighted by molar-refractivity contribution is 0.101. The number of halogens is 2. The predicted molar refractivity (Wildman–Crippen MR) is 154 cm³/mol. The molecule has 9 nitrogen and oxygen atoms in total. The molecule has 1 N–H and O–H groups in total. The summed E-state index contributed by atoms with van der Waals surface area (Å²) in [4.78, 5) is 17.6. The molecule has 210 valence electrons. The van der Waals surface area contributed by atoms with Crippen molar-refractivity contribution >= 4 is 34.1 Å². The molecule has 0 aliphatic rings. The number of methoxy groups -OCH3 is 2. The van der Waals surface area contributed by atoms with Crippen molar-refractivity contribution in [1.29, 1.82) is 0 Å². The first kappa shape index (κ1) is 27.7. The molecule has 3 aromatic carbocycles. The van der Waals surface area contributed by atoms with Crippen LogP contribution in [0.4, 0.5) is 10.1 Å². The molecule has 2 heterocycles. The molecule has 0 atom stereocenters. The van der Waals surface area contributed by atoms with Crippen LogP contribution in [0.5, 0.6) is 28.7 Å². The van der Waals surface area contributed by atoms with Gasteiger partial charge in [0, 0.05) is 23.3 Å². The number of anilines is 1. The largest absolute Gasteiger partial charge is 0.493 e. The van der Waals surface area contributed by atoms with Crippen molar-refractivity contribution in [2.75, 3.05) is 19.5 Å². The highest BCUT2D eigenvalue weighted by molar-refractivity contribution is 6.32. The smallest absolute Gasteiger partial charge is 0.280 e. The number of carbonyl (C=O) groups is 1. The van der Waals surface area contributed by atoms with Gasteiger partial charge in [-0.05, 0) is 68.4 Å². The fourth-order valence-electron chi connectivity index (χ4n) is 4.09. The van der Waals surface area contributed by atoms with E-state index in [2.05, 4.69) is 15.4 Å². The van der Waals surface area contributed by atoms with Crippen LogP contribution in [0.25, 0.3) is 16.6 Å². The summed E-state index contributed by atoms with van der Waals surface area (Å²) in [6.07, 6.45) is 2.99. The Balaban J connectivity index is 1.38. The summed E-state index contributed by atoms with van der Waals surface area (Å²) in [5, 5.41) is 8.15. The van der Waals surface area contributed by atoms with E-state index >= 15 is 0 Å². The van der Waals surface area contributed by atoms with E-state index in [1.165, 1.54) is 16.8 Å². The van der Waals surface area contributed by atoms with Gasteiger partial charge in [0.1, 0.15) is 17.3 Å². The van der Waals surface area contributed by atoms with E-state index in [1.807, 2.05) is 13.8 Å². The average Bonchev–Trinajstić information content (AvgIpc) is 3.37. The Morgan fingerprint density at radius 1 is 0.927 bits per heavy atom. The van der Waals surface area contributed by atoms with Gasteiger partial charge in [-0.25, -0.2) is 9.07 Å². The third-order valence-electron chi connectivity index (χ3n) is 5.97. The average molecular weight is 577 g/mol. The van der Waals surface area contributed by atoms with E-state index in [0.717, 1.165) is 0 Å². The Labute approximate surface area is 240 Å². The highest BCUT2D eigenvalue weighted by atomic mass is 35.5. The first-order valence-corrected chi connectivity index (χ1v) is 12.9. The van der Waals surface area contributed by atoms with Crippen LogP contribution in [0, 0.1) is 5.82 Å². The fraction of sp³-hybridized carbons (Fsp3) is 0.167. The molecule has 0 fully saturated rings. The number of aromatic nitrogens is 3. The van der Waals surface area contributed by atoms with Gasteiger partial charge in [0.15, 0.2) is 22.9 Å². The van der Waals surface area contributed by atoms with Crippen LogP contribution < -0.4 is 24.3 Å². The van der Waals surface area contributed by atoms with Crippen molar-refractivity contribution in [3.63, 3.8) is 0 Å². The maximum absolute atomic E-state index is 13.4. The van der Waals surface area contributed by atoms with Crippen LogP contribution in [-0.4, -0.2) is 41.0 Å². The van der Waals surface area contributed by atoms with Crippen molar-refractivity contribution in [3.8, 4) is 34.4 Å². The molecule has 5 rings (SSSR count). The Kier molecular flexibility index (Phi) is 7.93. The summed E-state index contributed by atoms with van der Waals surface area (Å²) >= 11 is 6.55. The normalized spacial score (nSPS) is 11.0. The molecular formula is C30H26ClFN4O5. The number of hydrogen-bond acceptors (Lipinski definition) is 7. The van der Waals surface area contributed by atoms with Gasteiger partial charge in [-0.15, -0.1) is 0 Å². The summed E-state index contributed by atoms with van der Waals surface area (Å²) in [5.41, 5.74) is 1.71. The van der Waals surface area contributed by atoms with Gasteiger partial charge in [0.25, 0.3) is 5.91 Å². The van der Waals surface area contributed by atoms with Crippen LogP contribution in [0.15, 0.2) is 73.1 Å². The zero-order valence-corrected chi connectivity index (χ0v) is 23.4. The number of pyridine rings is 1. The summed E-state index contributed by atoms with van der Waals surface area (Å²) < 4.78 is 37.6. The molecule has 11 heteroatoms. The van der Waals surface area contributed by atoms with Gasteiger partial charge in [-0.2, -0.15) is 5.10 Å². The van der Waals surface area contributed by atoms with Crippen LogP contribution in [0.3, 0.4) is 0 Å². The molecule has 0 radical (unpaired) electrons. The van der Waals surface area contributed by atoms with Gasteiger partial charge >= 0.3 is 0 Å². The Morgan fingerprint density at radius 3 is 2.34 bits per heavy atom. The van der Waals surface area contributed by atoms with Gasteiger partial charge in [-0.1, -0.05) is 11.6 Å². The number of ether oxygens (including phenoxy) is 4. The molecule has 0 aliphatic carbocycles. The van der Waals surface area contributed by atoms with Crippen LogP contribution >= 0.6 is 11.6 Å². The Bertz CT molecular complexity index is 1720. The monoisotopic (exact) mass is 576 g/mol. The van der Waals surface area contributed by atoms with Crippen LogP contribution in [0.1, 0.15) is 24.3 Å². The van der Waals surface area contributed by atoms with Crippen molar-refractivity contribution in [2.45, 2.75) is 20.0 Å². The fourth-order valence-corrected chi connectivity index (χ4v) is 4.31. The highest BCUT2D eigenvalue weighted by Gasteiger charge is 2.21. The summed E-state index contributed by atoms with van der Waals surface area (Å²) in [6.45, 7) is 3.68. The molecule has 41 heavy (non-hydrogen) atoms. The lowest BCUT2D eigenvalue weighted by atomic mass is 10.2. The number of rotatable bonds is 9. The van der Waals surface area contributed by atoms with Gasteiger partial charge in [0.2, 0.25) is 0 Å². The number of hydrogen-bond donors (Lipinski definition) is 1. The van der Waals surface area contributed by atoms with Crippen molar-refractivity contribution in [1.82, 2.24) is 14.8 Å². The lowest BCUT2D eigenvalue weighted by Crippen LogP contribution is -2.16. The zero-order valence-electron chi connectivity index (χ0n) is 22.6. The Morgan fingerprint density at radius 2 is 1.66 bits per heavy atom. The minimum absolute atomic E-state index is 0.0621. The van der Waals surface area contributed by atoms with Gasteiger partial charge in [-0.3, -0.25) is 9.78 Å². The van der Waals surface area contributed by atoms with E-state index in [1.54, 1.807) is 75.1 Å². The third kappa shape index (κ3) is 6.02. The molecule has 0 bridgehead atoms. The van der Waals surface area contributed by atoms with Gasteiger partial charge < -0.3 is 24.3 Å². The van der Waals surface area contributed by atoms with E-state index < -0.39 is 5.91 Å². The maximum Gasteiger partial charge on any atom is 0.280 e. The second-order valence-electron chi connectivity index (χ2n) is 9.16. The minimum Gasteiger partial charge on any atom is -0.493 e. The first-order valence-electron chi connectivity index (χ1n) is 12.6. The highest BCUT2D eigenvalue weighted by Crippen LogP contribution is 2.39. The summed E-state index contributed by atoms with van der Waals surface area (Å²) in [5.74, 6) is 1.36. The van der Waals surface area contributed by atoms with Crippen LogP contribution in [-0.2, 0) is 0 Å². The molecular weight excluding hydrogens is 551 g/mol. The molecule has 0 saturated carbocycles. The molecule has 0 saturated heterocycles. The van der Waals surface area contributed by atoms with Crippen molar-refractivity contribution in [2.24, 2.45) is 0 Å². The summed E-state index contributed by atoms with van der Waals surface area (Å²) in [7, 11) is 3.11. The number of fused-ring (bicyclic) bond motifs is 1. The molecule has 0 spiro atoms. The minimum atomic E-state index is -0.507. The second kappa shape index (κ2) is 11.7. The van der Waals surface area contributed by atoms with E-state index in [-0.39, 0.29) is 28.4 Å². The number of benzene rings is 3. The number of carbonyl (C=O) groups excluding carboxylic acids is 1. The lowest BCUT2D eigenvalue weighted by Gasteiger charge is -2.14. The molecule has 0 unspecified atom stereocenters. The second-order valence-corrected chi connectivity index (χ2v) is 9.57. The molecule has 0 aliphatic heterocycles. The topological polar surface area (TPSA) is 96.7 Å². The van der Waals surface area contributed by atoms with E-state index in [4.69, 9.17) is 30.5 Å². The summed E-state index contributed by atoms with van der Waals surface area (Å²) in [6, 6.07) is 15.9. The predicted octanol–water partition coefficient (Wildman–Crippen LogP) is 7.06. The van der Waals surface area contributed by atoms with Gasteiger partial charge in [0.05, 0.1) is 42.7 Å². The first-order chi connectivity index (χ1) is 19.7. The third-order valence-corrected chi connectivity index (χ3v) is 6.26. The molecule has 1 amide bonds. The maximum atomic E-state index is 13.4.